The maximum absolute atomic E-state index is 12.5. The SMILES string of the molecule is CNC(=O)C[C@H](C)N(C)C(=O)c1ccc(-c2cccs2)cc1. The van der Waals surface area contributed by atoms with Crippen molar-refractivity contribution >= 4 is 23.2 Å². The molecule has 2 aromatic rings. The van der Waals surface area contributed by atoms with Crippen molar-refractivity contribution in [2.24, 2.45) is 0 Å². The predicted molar refractivity (Wildman–Crippen MR) is 90.0 cm³/mol. The molecule has 0 bridgehead atoms. The van der Waals surface area contributed by atoms with Crippen LogP contribution in [0.15, 0.2) is 41.8 Å². The lowest BCUT2D eigenvalue weighted by Crippen LogP contribution is -2.38. The van der Waals surface area contributed by atoms with Gasteiger partial charge in [0.1, 0.15) is 0 Å². The van der Waals surface area contributed by atoms with Crippen LogP contribution in [-0.4, -0.2) is 36.9 Å². The summed E-state index contributed by atoms with van der Waals surface area (Å²) in [6.45, 7) is 1.87. The largest absolute Gasteiger partial charge is 0.359 e. The zero-order chi connectivity index (χ0) is 16.1. The first-order valence-electron chi connectivity index (χ1n) is 7.14. The Morgan fingerprint density at radius 1 is 1.23 bits per heavy atom. The van der Waals surface area contributed by atoms with E-state index in [4.69, 9.17) is 0 Å². The summed E-state index contributed by atoms with van der Waals surface area (Å²) in [5.41, 5.74) is 1.74. The molecule has 116 valence electrons. The highest BCUT2D eigenvalue weighted by atomic mass is 32.1. The van der Waals surface area contributed by atoms with Crippen molar-refractivity contribution in [3.63, 3.8) is 0 Å². The quantitative estimate of drug-likeness (QED) is 0.922. The lowest BCUT2D eigenvalue weighted by Gasteiger charge is -2.24. The summed E-state index contributed by atoms with van der Waals surface area (Å²) in [4.78, 5) is 26.7. The molecule has 4 nitrogen and oxygen atoms in total. The lowest BCUT2D eigenvalue weighted by atomic mass is 10.1. The molecule has 1 aromatic heterocycles. The van der Waals surface area contributed by atoms with Gasteiger partial charge in [-0.2, -0.15) is 0 Å². The van der Waals surface area contributed by atoms with E-state index in [9.17, 15) is 9.59 Å². The second-order valence-electron chi connectivity index (χ2n) is 5.20. The Morgan fingerprint density at radius 3 is 2.45 bits per heavy atom. The van der Waals surface area contributed by atoms with E-state index in [2.05, 4.69) is 11.4 Å². The van der Waals surface area contributed by atoms with Crippen LogP contribution in [0.2, 0.25) is 0 Å². The first-order chi connectivity index (χ1) is 10.5. The molecule has 1 N–H and O–H groups in total. The Balaban J connectivity index is 2.07. The number of nitrogens with one attached hydrogen (secondary N) is 1. The van der Waals surface area contributed by atoms with E-state index in [0.717, 1.165) is 5.56 Å². The standard InChI is InChI=1S/C17H20N2O2S/c1-12(11-16(20)18-2)19(3)17(21)14-8-6-13(7-9-14)15-5-4-10-22-15/h4-10,12H,11H2,1-3H3,(H,18,20)/t12-/m0/s1. The number of hydrogen-bond acceptors (Lipinski definition) is 3. The van der Waals surface area contributed by atoms with Crippen molar-refractivity contribution in [1.29, 1.82) is 0 Å². The van der Waals surface area contributed by atoms with Gasteiger partial charge in [0.15, 0.2) is 0 Å². The fourth-order valence-electron chi connectivity index (χ4n) is 2.13. The molecule has 0 fully saturated rings. The van der Waals surface area contributed by atoms with Gasteiger partial charge in [-0.25, -0.2) is 0 Å². The molecule has 2 rings (SSSR count). The third-order valence-corrected chi connectivity index (χ3v) is 4.60. The van der Waals surface area contributed by atoms with Gasteiger partial charge < -0.3 is 10.2 Å². The molecule has 0 spiro atoms. The van der Waals surface area contributed by atoms with Gasteiger partial charge >= 0.3 is 0 Å². The predicted octanol–water partition coefficient (Wildman–Crippen LogP) is 3.01. The summed E-state index contributed by atoms with van der Waals surface area (Å²) in [6, 6.07) is 11.5. The number of rotatable bonds is 5. The third kappa shape index (κ3) is 3.74. The smallest absolute Gasteiger partial charge is 0.253 e. The molecule has 0 saturated carbocycles. The monoisotopic (exact) mass is 316 g/mol. The summed E-state index contributed by atoms with van der Waals surface area (Å²) >= 11 is 1.67. The maximum Gasteiger partial charge on any atom is 0.253 e. The van der Waals surface area contributed by atoms with Crippen LogP contribution in [0.5, 0.6) is 0 Å². The molecule has 0 aliphatic heterocycles. The van der Waals surface area contributed by atoms with Gasteiger partial charge in [0.2, 0.25) is 5.91 Å². The fourth-order valence-corrected chi connectivity index (χ4v) is 2.86. The van der Waals surface area contributed by atoms with E-state index in [-0.39, 0.29) is 17.9 Å². The second kappa shape index (κ2) is 7.22. The van der Waals surface area contributed by atoms with Gasteiger partial charge in [0, 0.05) is 37.0 Å². The van der Waals surface area contributed by atoms with Crippen molar-refractivity contribution in [3.8, 4) is 10.4 Å². The van der Waals surface area contributed by atoms with Crippen molar-refractivity contribution in [2.75, 3.05) is 14.1 Å². The van der Waals surface area contributed by atoms with E-state index in [1.54, 1.807) is 30.3 Å². The van der Waals surface area contributed by atoms with Gasteiger partial charge in [-0.1, -0.05) is 18.2 Å². The highest BCUT2D eigenvalue weighted by Crippen LogP contribution is 2.25. The second-order valence-corrected chi connectivity index (χ2v) is 6.14. The van der Waals surface area contributed by atoms with Crippen LogP contribution in [0.3, 0.4) is 0 Å². The number of carbonyl (C=O) groups excluding carboxylic acids is 2. The van der Waals surface area contributed by atoms with E-state index >= 15 is 0 Å². The fraction of sp³-hybridized carbons (Fsp3) is 0.294. The molecule has 0 unspecified atom stereocenters. The minimum Gasteiger partial charge on any atom is -0.359 e. The summed E-state index contributed by atoms with van der Waals surface area (Å²) < 4.78 is 0. The molecule has 0 aliphatic carbocycles. The Hall–Kier alpha value is -2.14. The highest BCUT2D eigenvalue weighted by Gasteiger charge is 2.19. The Kier molecular flexibility index (Phi) is 5.33. The van der Waals surface area contributed by atoms with Crippen LogP contribution in [0.4, 0.5) is 0 Å². The van der Waals surface area contributed by atoms with Crippen LogP contribution >= 0.6 is 11.3 Å². The first-order valence-corrected chi connectivity index (χ1v) is 8.02. The Bertz CT molecular complexity index is 635. The van der Waals surface area contributed by atoms with Crippen LogP contribution in [0.25, 0.3) is 10.4 Å². The summed E-state index contributed by atoms with van der Waals surface area (Å²) in [5.74, 6) is -0.144. The topological polar surface area (TPSA) is 49.4 Å². The number of amides is 2. The van der Waals surface area contributed by atoms with E-state index in [1.165, 1.54) is 4.88 Å². The molecule has 1 atom stereocenters. The average molecular weight is 316 g/mol. The minimum atomic E-state index is -0.149. The van der Waals surface area contributed by atoms with Crippen molar-refractivity contribution in [2.45, 2.75) is 19.4 Å². The van der Waals surface area contributed by atoms with Crippen LogP contribution < -0.4 is 5.32 Å². The highest BCUT2D eigenvalue weighted by molar-refractivity contribution is 7.13. The molecule has 0 aliphatic rings. The Labute approximate surface area is 134 Å². The maximum atomic E-state index is 12.5. The molecule has 2 amide bonds. The molecular formula is C17H20N2O2S. The lowest BCUT2D eigenvalue weighted by molar-refractivity contribution is -0.121. The molecule has 5 heteroatoms. The van der Waals surface area contributed by atoms with Crippen LogP contribution in [0, 0.1) is 0 Å². The van der Waals surface area contributed by atoms with Crippen molar-refractivity contribution in [1.82, 2.24) is 10.2 Å². The zero-order valence-electron chi connectivity index (χ0n) is 13.0. The normalized spacial score (nSPS) is 11.8. The van der Waals surface area contributed by atoms with E-state index < -0.39 is 0 Å². The Morgan fingerprint density at radius 2 is 1.91 bits per heavy atom. The number of carbonyl (C=O) groups is 2. The van der Waals surface area contributed by atoms with Crippen molar-refractivity contribution < 1.29 is 9.59 Å². The third-order valence-electron chi connectivity index (χ3n) is 3.68. The average Bonchev–Trinajstić information content (AvgIpc) is 3.07. The molecule has 22 heavy (non-hydrogen) atoms. The number of benzene rings is 1. The van der Waals surface area contributed by atoms with Crippen LogP contribution in [0.1, 0.15) is 23.7 Å². The molecule has 0 saturated heterocycles. The summed E-state index contributed by atoms with van der Waals surface area (Å²) in [5, 5.41) is 4.61. The summed E-state index contributed by atoms with van der Waals surface area (Å²) in [6.07, 6.45) is 0.298. The van der Waals surface area contributed by atoms with Gasteiger partial charge in [-0.3, -0.25) is 9.59 Å². The van der Waals surface area contributed by atoms with Gasteiger partial charge in [-0.05, 0) is 36.1 Å². The van der Waals surface area contributed by atoms with E-state index in [1.807, 2.05) is 42.6 Å². The number of hydrogen-bond donors (Lipinski definition) is 1. The number of nitrogens with zero attached hydrogens (tertiary/aromatic N) is 1. The molecule has 1 aromatic carbocycles. The molecule has 1 heterocycles. The van der Waals surface area contributed by atoms with Gasteiger partial charge in [0.25, 0.3) is 5.91 Å². The van der Waals surface area contributed by atoms with Gasteiger partial charge in [-0.15, -0.1) is 11.3 Å². The summed E-state index contributed by atoms with van der Waals surface area (Å²) in [7, 11) is 3.32. The molecule has 0 radical (unpaired) electrons. The minimum absolute atomic E-state index is 0.0693. The first kappa shape index (κ1) is 16.2. The zero-order valence-corrected chi connectivity index (χ0v) is 13.8. The molecular weight excluding hydrogens is 296 g/mol. The number of thiophene rings is 1. The van der Waals surface area contributed by atoms with Crippen molar-refractivity contribution in [3.05, 3.63) is 47.3 Å². The van der Waals surface area contributed by atoms with E-state index in [0.29, 0.717) is 12.0 Å². The van der Waals surface area contributed by atoms with Crippen LogP contribution in [-0.2, 0) is 4.79 Å². The van der Waals surface area contributed by atoms with Gasteiger partial charge in [0.05, 0.1) is 0 Å².